The molecule has 1 saturated heterocycles. The Morgan fingerprint density at radius 2 is 1.93 bits per heavy atom. The molecule has 0 spiro atoms. The highest BCUT2D eigenvalue weighted by atomic mass is 16.3. The lowest BCUT2D eigenvalue weighted by Crippen LogP contribution is -2.43. The van der Waals surface area contributed by atoms with Crippen LogP contribution in [0.4, 0.5) is 0 Å². The van der Waals surface area contributed by atoms with Crippen LogP contribution < -0.4 is 0 Å². The van der Waals surface area contributed by atoms with Crippen LogP contribution in [-0.2, 0) is 4.79 Å². The predicted octanol–water partition coefficient (Wildman–Crippen LogP) is 0.811. The Morgan fingerprint density at radius 3 is 2.53 bits per heavy atom. The molecule has 3 nitrogen and oxygen atoms in total. The summed E-state index contributed by atoms with van der Waals surface area (Å²) in [6.07, 6.45) is 5.01. The molecular formula is C12H19NO2. The number of fused-ring (bicyclic) bond motifs is 2. The van der Waals surface area contributed by atoms with Crippen LogP contribution in [0.5, 0.6) is 0 Å². The van der Waals surface area contributed by atoms with E-state index in [1.165, 1.54) is 19.3 Å². The minimum absolute atomic E-state index is 0.156. The van der Waals surface area contributed by atoms with E-state index in [4.69, 9.17) is 0 Å². The first-order valence-electron chi connectivity index (χ1n) is 6.22. The van der Waals surface area contributed by atoms with E-state index in [1.54, 1.807) is 0 Å². The first kappa shape index (κ1) is 9.79. The normalized spacial score (nSPS) is 46.3. The van der Waals surface area contributed by atoms with E-state index < -0.39 is 0 Å². The Labute approximate surface area is 90.5 Å². The molecule has 84 valence electrons. The van der Waals surface area contributed by atoms with E-state index in [9.17, 15) is 9.90 Å². The Bertz CT molecular complexity index is 273. The van der Waals surface area contributed by atoms with Crippen LogP contribution in [0.15, 0.2) is 0 Å². The minimum Gasteiger partial charge on any atom is -0.393 e. The van der Waals surface area contributed by atoms with Gasteiger partial charge in [-0.05, 0) is 32.4 Å². The predicted molar refractivity (Wildman–Crippen MR) is 56.4 cm³/mol. The number of carbonyl (C=O) groups is 1. The number of aliphatic hydroxyl groups excluding tert-OH is 1. The summed E-state index contributed by atoms with van der Waals surface area (Å²) in [4.78, 5) is 14.2. The summed E-state index contributed by atoms with van der Waals surface area (Å²) in [6, 6.07) is 0.382. The number of ketones is 1. The number of Topliss-reactive ketones (excluding diaryl/α,β-unsaturated/α-hetero) is 1. The number of piperidine rings is 1. The van der Waals surface area contributed by atoms with Gasteiger partial charge in [-0.15, -0.1) is 0 Å². The second kappa shape index (κ2) is 3.56. The van der Waals surface area contributed by atoms with Crippen molar-refractivity contribution < 1.29 is 9.90 Å². The van der Waals surface area contributed by atoms with Gasteiger partial charge in [-0.1, -0.05) is 6.42 Å². The first-order chi connectivity index (χ1) is 7.27. The summed E-state index contributed by atoms with van der Waals surface area (Å²) >= 11 is 0. The Balaban J connectivity index is 1.78. The molecule has 1 unspecified atom stereocenters. The van der Waals surface area contributed by atoms with Crippen molar-refractivity contribution in [1.82, 2.24) is 4.90 Å². The Hall–Kier alpha value is -0.410. The standard InChI is InChI=1S/C12H19NO2/c14-10-6-8-11(15)7-9(10)12(8)13-4-2-1-3-5-13/h8-10,12,14H,1-7H2/t8-,9-,10-,12?/m0/s1. The zero-order chi connectivity index (χ0) is 10.4. The fourth-order valence-electron chi connectivity index (χ4n) is 3.80. The van der Waals surface area contributed by atoms with E-state index >= 15 is 0 Å². The summed E-state index contributed by atoms with van der Waals surface area (Å²) in [6.45, 7) is 2.27. The zero-order valence-electron chi connectivity index (χ0n) is 9.06. The van der Waals surface area contributed by atoms with Gasteiger partial charge < -0.3 is 5.11 Å². The molecule has 2 aliphatic carbocycles. The second-order valence-corrected chi connectivity index (χ2v) is 5.33. The lowest BCUT2D eigenvalue weighted by Gasteiger charge is -2.34. The van der Waals surface area contributed by atoms with Gasteiger partial charge in [0, 0.05) is 24.3 Å². The number of aliphatic hydroxyl groups is 1. The molecule has 0 aromatic carbocycles. The van der Waals surface area contributed by atoms with E-state index in [-0.39, 0.29) is 17.9 Å². The maximum atomic E-state index is 11.7. The van der Waals surface area contributed by atoms with Gasteiger partial charge in [0.2, 0.25) is 0 Å². The van der Waals surface area contributed by atoms with Gasteiger partial charge in [-0.3, -0.25) is 9.69 Å². The third-order valence-electron chi connectivity index (χ3n) is 4.50. The fraction of sp³-hybridized carbons (Fsp3) is 0.917. The van der Waals surface area contributed by atoms with E-state index in [1.807, 2.05) is 0 Å². The second-order valence-electron chi connectivity index (χ2n) is 5.33. The smallest absolute Gasteiger partial charge is 0.138 e. The molecule has 3 rings (SSSR count). The van der Waals surface area contributed by atoms with Gasteiger partial charge >= 0.3 is 0 Å². The van der Waals surface area contributed by atoms with Crippen molar-refractivity contribution in [2.45, 2.75) is 44.2 Å². The molecule has 3 aliphatic rings. The molecule has 2 saturated carbocycles. The lowest BCUT2D eigenvalue weighted by molar-refractivity contribution is -0.123. The molecule has 4 atom stereocenters. The van der Waals surface area contributed by atoms with Crippen LogP contribution in [0.25, 0.3) is 0 Å². The number of rotatable bonds is 1. The van der Waals surface area contributed by atoms with Crippen molar-refractivity contribution in [3.05, 3.63) is 0 Å². The number of nitrogens with zero attached hydrogens (tertiary/aromatic N) is 1. The van der Waals surface area contributed by atoms with E-state index in [0.29, 0.717) is 18.2 Å². The average molecular weight is 209 g/mol. The molecule has 1 N–H and O–H groups in total. The zero-order valence-corrected chi connectivity index (χ0v) is 9.06. The monoisotopic (exact) mass is 209 g/mol. The molecule has 15 heavy (non-hydrogen) atoms. The van der Waals surface area contributed by atoms with Gasteiger partial charge in [0.25, 0.3) is 0 Å². The largest absolute Gasteiger partial charge is 0.393 e. The van der Waals surface area contributed by atoms with Gasteiger partial charge in [-0.25, -0.2) is 0 Å². The van der Waals surface area contributed by atoms with Crippen molar-refractivity contribution >= 4 is 5.78 Å². The van der Waals surface area contributed by atoms with Gasteiger partial charge in [0.1, 0.15) is 5.78 Å². The molecule has 1 heterocycles. The maximum absolute atomic E-state index is 11.7. The van der Waals surface area contributed by atoms with Crippen molar-refractivity contribution in [3.63, 3.8) is 0 Å². The summed E-state index contributed by atoms with van der Waals surface area (Å²) in [5, 5.41) is 9.86. The number of carbonyl (C=O) groups excluding carboxylic acids is 1. The molecule has 2 bridgehead atoms. The van der Waals surface area contributed by atoms with Gasteiger partial charge in [0.05, 0.1) is 6.10 Å². The average Bonchev–Trinajstić information content (AvgIpc) is 2.73. The summed E-state index contributed by atoms with van der Waals surface area (Å²) in [7, 11) is 0. The third kappa shape index (κ3) is 1.44. The molecule has 3 heteroatoms. The molecule has 1 aliphatic heterocycles. The molecule has 0 aromatic rings. The lowest BCUT2D eigenvalue weighted by atomic mass is 9.97. The highest BCUT2D eigenvalue weighted by Gasteiger charge is 2.54. The van der Waals surface area contributed by atoms with Gasteiger partial charge in [0.15, 0.2) is 0 Å². The molecule has 3 fully saturated rings. The maximum Gasteiger partial charge on any atom is 0.138 e. The quantitative estimate of drug-likeness (QED) is 0.695. The van der Waals surface area contributed by atoms with Crippen LogP contribution in [-0.4, -0.2) is 41.0 Å². The van der Waals surface area contributed by atoms with Crippen LogP contribution >= 0.6 is 0 Å². The summed E-state index contributed by atoms with van der Waals surface area (Å²) < 4.78 is 0. The minimum atomic E-state index is -0.209. The van der Waals surface area contributed by atoms with Crippen molar-refractivity contribution in [1.29, 1.82) is 0 Å². The first-order valence-corrected chi connectivity index (χ1v) is 6.22. The van der Waals surface area contributed by atoms with Crippen LogP contribution in [0.2, 0.25) is 0 Å². The van der Waals surface area contributed by atoms with E-state index in [0.717, 1.165) is 19.5 Å². The number of hydrogen-bond donors (Lipinski definition) is 1. The Kier molecular flexibility index (Phi) is 2.33. The summed E-state index contributed by atoms with van der Waals surface area (Å²) in [5.41, 5.74) is 0. The SMILES string of the molecule is O=C1C[C@@H]2C(N3CCCCC3)[C@H]1C[C@@H]2O. The molecule has 0 amide bonds. The molecular weight excluding hydrogens is 190 g/mol. The van der Waals surface area contributed by atoms with Crippen LogP contribution in [0.1, 0.15) is 32.1 Å². The topological polar surface area (TPSA) is 40.5 Å². The third-order valence-corrected chi connectivity index (χ3v) is 4.50. The molecule has 0 aromatic heterocycles. The van der Waals surface area contributed by atoms with Crippen molar-refractivity contribution in [3.8, 4) is 0 Å². The molecule has 0 radical (unpaired) electrons. The van der Waals surface area contributed by atoms with Crippen LogP contribution in [0, 0.1) is 11.8 Å². The van der Waals surface area contributed by atoms with Crippen molar-refractivity contribution in [2.24, 2.45) is 11.8 Å². The number of hydrogen-bond acceptors (Lipinski definition) is 3. The van der Waals surface area contributed by atoms with E-state index in [2.05, 4.69) is 4.90 Å². The fourth-order valence-corrected chi connectivity index (χ4v) is 3.80. The van der Waals surface area contributed by atoms with Gasteiger partial charge in [-0.2, -0.15) is 0 Å². The van der Waals surface area contributed by atoms with Crippen molar-refractivity contribution in [2.75, 3.05) is 13.1 Å². The Morgan fingerprint density at radius 1 is 1.20 bits per heavy atom. The highest BCUT2D eigenvalue weighted by molar-refractivity contribution is 5.86. The van der Waals surface area contributed by atoms with Crippen LogP contribution in [0.3, 0.4) is 0 Å². The number of likely N-dealkylation sites (tertiary alicyclic amines) is 1. The summed E-state index contributed by atoms with van der Waals surface area (Å²) in [5.74, 6) is 0.810. The highest BCUT2D eigenvalue weighted by Crippen LogP contribution is 2.45.